The molecule has 2 aromatic rings. The third kappa shape index (κ3) is 3.93. The van der Waals surface area contributed by atoms with Gasteiger partial charge in [0.25, 0.3) is 0 Å². The summed E-state index contributed by atoms with van der Waals surface area (Å²) in [5.74, 6) is 0. The number of hydrogen-bond acceptors (Lipinski definition) is 5. The van der Waals surface area contributed by atoms with Crippen molar-refractivity contribution in [3.05, 3.63) is 47.8 Å². The van der Waals surface area contributed by atoms with E-state index in [9.17, 15) is 8.42 Å². The second kappa shape index (κ2) is 6.11. The van der Waals surface area contributed by atoms with Crippen LogP contribution in [0.1, 0.15) is 11.1 Å². The summed E-state index contributed by atoms with van der Waals surface area (Å²) in [6, 6.07) is 6.95. The molecule has 6 nitrogen and oxygen atoms in total. The van der Waals surface area contributed by atoms with E-state index in [1.807, 2.05) is 12.1 Å². The van der Waals surface area contributed by atoms with E-state index in [-0.39, 0.29) is 4.90 Å². The van der Waals surface area contributed by atoms with Crippen molar-refractivity contribution < 1.29 is 8.42 Å². The Labute approximate surface area is 124 Å². The van der Waals surface area contributed by atoms with Crippen LogP contribution in [-0.2, 0) is 16.4 Å². The van der Waals surface area contributed by atoms with Crippen LogP contribution in [0.2, 0.25) is 0 Å². The Morgan fingerprint density at radius 2 is 1.90 bits per heavy atom. The maximum Gasteiger partial charge on any atom is 0.238 e. The van der Waals surface area contributed by atoms with E-state index in [1.165, 1.54) is 6.07 Å². The highest BCUT2D eigenvalue weighted by atomic mass is 32.2. The van der Waals surface area contributed by atoms with E-state index in [4.69, 9.17) is 10.9 Å². The molecule has 1 aromatic heterocycles. The Balaban J connectivity index is 2.15. The van der Waals surface area contributed by atoms with Gasteiger partial charge in [0.15, 0.2) is 0 Å². The molecule has 0 aliphatic heterocycles. The molecule has 5 N–H and O–H groups in total. The third-order valence-electron chi connectivity index (χ3n) is 3.17. The van der Waals surface area contributed by atoms with Crippen LogP contribution in [0.4, 0.5) is 11.4 Å². The average molecular weight is 306 g/mol. The Morgan fingerprint density at radius 3 is 2.52 bits per heavy atom. The van der Waals surface area contributed by atoms with Gasteiger partial charge in [0.1, 0.15) is 0 Å². The highest BCUT2D eigenvalue weighted by molar-refractivity contribution is 7.89. The molecule has 7 heteroatoms. The van der Waals surface area contributed by atoms with E-state index in [0.29, 0.717) is 23.5 Å². The van der Waals surface area contributed by atoms with E-state index >= 15 is 0 Å². The second-order valence-corrected chi connectivity index (χ2v) is 6.30. The van der Waals surface area contributed by atoms with Crippen LogP contribution in [0.5, 0.6) is 0 Å². The topological polar surface area (TPSA) is 111 Å². The molecule has 0 radical (unpaired) electrons. The number of primary sulfonamides is 1. The zero-order chi connectivity index (χ0) is 15.5. The van der Waals surface area contributed by atoms with Crippen LogP contribution in [-0.4, -0.2) is 19.9 Å². The number of hydrogen-bond donors (Lipinski definition) is 3. The fourth-order valence-corrected chi connectivity index (χ4v) is 2.92. The van der Waals surface area contributed by atoms with Crippen molar-refractivity contribution in [3.63, 3.8) is 0 Å². The second-order valence-electron chi connectivity index (χ2n) is 4.77. The molecule has 0 saturated carbocycles. The number of nitrogens with one attached hydrogen (secondary N) is 1. The molecule has 0 atom stereocenters. The third-order valence-corrected chi connectivity index (χ3v) is 4.20. The van der Waals surface area contributed by atoms with Crippen LogP contribution in [0.15, 0.2) is 41.6 Å². The Morgan fingerprint density at radius 1 is 1.24 bits per heavy atom. The fraction of sp³-hybridized carbons (Fsp3) is 0.214. The lowest BCUT2D eigenvalue weighted by Gasteiger charge is -2.13. The van der Waals surface area contributed by atoms with Crippen molar-refractivity contribution in [1.82, 2.24) is 4.98 Å². The predicted octanol–water partition coefficient (Wildman–Crippen LogP) is 1.27. The molecule has 0 unspecified atom stereocenters. The molecule has 0 fully saturated rings. The summed E-state index contributed by atoms with van der Waals surface area (Å²) >= 11 is 0. The first-order valence-corrected chi connectivity index (χ1v) is 7.98. The van der Waals surface area contributed by atoms with Crippen molar-refractivity contribution in [2.24, 2.45) is 5.14 Å². The van der Waals surface area contributed by atoms with Gasteiger partial charge >= 0.3 is 0 Å². The van der Waals surface area contributed by atoms with Gasteiger partial charge in [0, 0.05) is 30.3 Å². The highest BCUT2D eigenvalue weighted by Crippen LogP contribution is 2.26. The van der Waals surface area contributed by atoms with Crippen molar-refractivity contribution in [3.8, 4) is 0 Å². The van der Waals surface area contributed by atoms with E-state index in [2.05, 4.69) is 10.3 Å². The number of benzene rings is 1. The molecule has 112 valence electrons. The van der Waals surface area contributed by atoms with Gasteiger partial charge in [-0.3, -0.25) is 4.98 Å². The summed E-state index contributed by atoms with van der Waals surface area (Å²) in [6.07, 6.45) is 4.27. The Bertz CT molecular complexity index is 730. The number of nitrogens with zero attached hydrogens (tertiary/aromatic N) is 1. The zero-order valence-corrected chi connectivity index (χ0v) is 12.5. The molecule has 0 aliphatic rings. The summed E-state index contributed by atoms with van der Waals surface area (Å²) in [5, 5.41) is 8.39. The van der Waals surface area contributed by atoms with Gasteiger partial charge in [0.2, 0.25) is 10.0 Å². The lowest BCUT2D eigenvalue weighted by molar-refractivity contribution is 0.597. The standard InChI is InChI=1S/C14H18N4O2S/c1-10-13(8-12(15)9-14(10)21(16,19)20)18-7-4-11-2-5-17-6-3-11/h2-3,5-6,8-9,18H,4,7,15H2,1H3,(H2,16,19,20). The van der Waals surface area contributed by atoms with Crippen LogP contribution in [0.25, 0.3) is 0 Å². The smallest absolute Gasteiger partial charge is 0.238 e. The normalized spacial score (nSPS) is 11.3. The van der Waals surface area contributed by atoms with Gasteiger partial charge in [-0.1, -0.05) is 0 Å². The van der Waals surface area contributed by atoms with Gasteiger partial charge in [0.05, 0.1) is 4.90 Å². The van der Waals surface area contributed by atoms with Crippen LogP contribution < -0.4 is 16.2 Å². The summed E-state index contributed by atoms with van der Waals surface area (Å²) in [4.78, 5) is 4.01. The molecule has 0 amide bonds. The maximum atomic E-state index is 11.5. The van der Waals surface area contributed by atoms with Gasteiger partial charge < -0.3 is 11.1 Å². The van der Waals surface area contributed by atoms with Gasteiger partial charge in [-0.15, -0.1) is 0 Å². The summed E-state index contributed by atoms with van der Waals surface area (Å²) in [5.41, 5.74) is 8.49. The first kappa shape index (κ1) is 15.3. The predicted molar refractivity (Wildman–Crippen MR) is 83.4 cm³/mol. The SMILES string of the molecule is Cc1c(NCCc2ccncc2)cc(N)cc1S(N)(=O)=O. The lowest BCUT2D eigenvalue weighted by Crippen LogP contribution is -2.16. The van der Waals surface area contributed by atoms with E-state index in [0.717, 1.165) is 12.0 Å². The molecule has 1 heterocycles. The van der Waals surface area contributed by atoms with Crippen molar-refractivity contribution in [2.45, 2.75) is 18.2 Å². The quantitative estimate of drug-likeness (QED) is 0.720. The van der Waals surface area contributed by atoms with E-state index < -0.39 is 10.0 Å². The minimum atomic E-state index is -3.78. The largest absolute Gasteiger partial charge is 0.399 e. The van der Waals surface area contributed by atoms with Crippen molar-refractivity contribution in [2.75, 3.05) is 17.6 Å². The minimum Gasteiger partial charge on any atom is -0.399 e. The maximum absolute atomic E-state index is 11.5. The Hall–Kier alpha value is -2.12. The molecule has 0 saturated heterocycles. The molecule has 0 spiro atoms. The van der Waals surface area contributed by atoms with Crippen LogP contribution in [0, 0.1) is 6.92 Å². The molecule has 2 rings (SSSR count). The number of pyridine rings is 1. The van der Waals surface area contributed by atoms with Gasteiger partial charge in [-0.25, -0.2) is 13.6 Å². The monoisotopic (exact) mass is 306 g/mol. The molecular weight excluding hydrogens is 288 g/mol. The molecule has 0 aliphatic carbocycles. The summed E-state index contributed by atoms with van der Waals surface area (Å²) < 4.78 is 23.1. The summed E-state index contributed by atoms with van der Waals surface area (Å²) in [6.45, 7) is 2.35. The number of rotatable bonds is 5. The first-order valence-electron chi connectivity index (χ1n) is 6.43. The number of nitrogens with two attached hydrogens (primary N) is 2. The van der Waals surface area contributed by atoms with Gasteiger partial charge in [-0.05, 0) is 48.7 Å². The van der Waals surface area contributed by atoms with Gasteiger partial charge in [-0.2, -0.15) is 0 Å². The first-order chi connectivity index (χ1) is 9.88. The lowest BCUT2D eigenvalue weighted by atomic mass is 10.1. The number of anilines is 2. The number of aromatic nitrogens is 1. The molecule has 0 bridgehead atoms. The number of nitrogen functional groups attached to an aromatic ring is 1. The highest BCUT2D eigenvalue weighted by Gasteiger charge is 2.15. The molecule has 21 heavy (non-hydrogen) atoms. The fourth-order valence-electron chi connectivity index (χ4n) is 2.08. The zero-order valence-electron chi connectivity index (χ0n) is 11.7. The van der Waals surface area contributed by atoms with Crippen molar-refractivity contribution >= 4 is 21.4 Å². The van der Waals surface area contributed by atoms with Crippen LogP contribution >= 0.6 is 0 Å². The van der Waals surface area contributed by atoms with Crippen LogP contribution in [0.3, 0.4) is 0 Å². The number of sulfonamides is 1. The summed E-state index contributed by atoms with van der Waals surface area (Å²) in [7, 11) is -3.78. The molecular formula is C14H18N4O2S. The minimum absolute atomic E-state index is 0.0499. The Kier molecular flexibility index (Phi) is 4.44. The molecule has 1 aromatic carbocycles. The van der Waals surface area contributed by atoms with Crippen molar-refractivity contribution in [1.29, 1.82) is 0 Å². The van der Waals surface area contributed by atoms with E-state index in [1.54, 1.807) is 25.4 Å². The average Bonchev–Trinajstić information content (AvgIpc) is 2.42.